The number of hydrogen-bond donors (Lipinski definition) is 2. The molecule has 3 rings (SSSR count). The average Bonchev–Trinajstić information content (AvgIpc) is 2.89. The second-order valence-electron chi connectivity index (χ2n) is 6.48. The summed E-state index contributed by atoms with van der Waals surface area (Å²) in [6, 6.07) is 7.76. The molecule has 0 spiro atoms. The van der Waals surface area contributed by atoms with E-state index in [-0.39, 0.29) is 18.5 Å². The van der Waals surface area contributed by atoms with Gasteiger partial charge < -0.3 is 15.5 Å². The largest absolute Gasteiger partial charge is 0.338 e. The van der Waals surface area contributed by atoms with Crippen molar-refractivity contribution in [2.75, 3.05) is 25.0 Å². The summed E-state index contributed by atoms with van der Waals surface area (Å²) in [4.78, 5) is 25.7. The summed E-state index contributed by atoms with van der Waals surface area (Å²) in [5.74, 6) is 0.368. The molecule has 132 valence electrons. The predicted molar refractivity (Wildman–Crippen MR) is 96.0 cm³/mol. The molecule has 25 heavy (non-hydrogen) atoms. The van der Waals surface area contributed by atoms with E-state index in [9.17, 15) is 9.59 Å². The van der Waals surface area contributed by atoms with Gasteiger partial charge in [0.1, 0.15) is 12.4 Å². The number of nitrogens with zero attached hydrogens (tertiary/aromatic N) is 3. The first kappa shape index (κ1) is 17.0. The zero-order valence-corrected chi connectivity index (χ0v) is 14.8. The van der Waals surface area contributed by atoms with Gasteiger partial charge in [0.05, 0.1) is 11.4 Å². The van der Waals surface area contributed by atoms with Crippen molar-refractivity contribution < 1.29 is 9.59 Å². The van der Waals surface area contributed by atoms with Crippen LogP contribution in [0.3, 0.4) is 0 Å². The van der Waals surface area contributed by atoms with Crippen LogP contribution < -0.4 is 10.6 Å². The van der Waals surface area contributed by atoms with Gasteiger partial charge in [0.15, 0.2) is 0 Å². The summed E-state index contributed by atoms with van der Waals surface area (Å²) >= 11 is 0. The van der Waals surface area contributed by atoms with Crippen LogP contribution >= 0.6 is 0 Å². The van der Waals surface area contributed by atoms with Crippen molar-refractivity contribution in [2.24, 2.45) is 0 Å². The van der Waals surface area contributed by atoms with Gasteiger partial charge in [0.2, 0.25) is 5.91 Å². The summed E-state index contributed by atoms with van der Waals surface area (Å²) in [6.45, 7) is 7.22. The maximum absolute atomic E-state index is 12.4. The van der Waals surface area contributed by atoms with Gasteiger partial charge in [0.25, 0.3) is 0 Å². The minimum Gasteiger partial charge on any atom is -0.338 e. The highest BCUT2D eigenvalue weighted by atomic mass is 16.2. The third-order valence-electron chi connectivity index (χ3n) is 4.05. The molecular weight excluding hydrogens is 318 g/mol. The van der Waals surface area contributed by atoms with Crippen LogP contribution in [-0.4, -0.2) is 46.3 Å². The molecule has 7 heteroatoms. The first-order chi connectivity index (χ1) is 11.9. The lowest BCUT2D eigenvalue weighted by molar-refractivity contribution is -0.116. The first-order valence-corrected chi connectivity index (χ1v) is 8.40. The van der Waals surface area contributed by atoms with E-state index in [0.29, 0.717) is 18.9 Å². The minimum atomic E-state index is -0.234. The maximum Gasteiger partial charge on any atom is 0.317 e. The van der Waals surface area contributed by atoms with Gasteiger partial charge in [0, 0.05) is 19.2 Å². The van der Waals surface area contributed by atoms with Crippen LogP contribution in [0, 0.1) is 20.8 Å². The fourth-order valence-corrected chi connectivity index (χ4v) is 3.04. The van der Waals surface area contributed by atoms with Crippen LogP contribution in [0.25, 0.3) is 5.69 Å². The van der Waals surface area contributed by atoms with Gasteiger partial charge in [-0.15, -0.1) is 0 Å². The summed E-state index contributed by atoms with van der Waals surface area (Å²) in [6.07, 6.45) is 0.846. The molecule has 0 unspecified atom stereocenters. The Kier molecular flexibility index (Phi) is 4.74. The fourth-order valence-electron chi connectivity index (χ4n) is 3.04. The quantitative estimate of drug-likeness (QED) is 0.894. The number of hydrogen-bond acceptors (Lipinski definition) is 3. The zero-order chi connectivity index (χ0) is 18.0. The maximum atomic E-state index is 12.4. The molecule has 3 amide bonds. The van der Waals surface area contributed by atoms with Crippen LogP contribution in [0.15, 0.2) is 24.3 Å². The number of rotatable bonds is 4. The normalized spacial score (nSPS) is 14.4. The third kappa shape index (κ3) is 3.99. The van der Waals surface area contributed by atoms with E-state index in [0.717, 1.165) is 28.9 Å². The molecule has 2 aromatic rings. The molecule has 1 aromatic heterocycles. The van der Waals surface area contributed by atoms with Gasteiger partial charge >= 0.3 is 6.03 Å². The first-order valence-electron chi connectivity index (χ1n) is 8.40. The molecule has 7 nitrogen and oxygen atoms in total. The Hall–Kier alpha value is -2.83. The average molecular weight is 341 g/mol. The molecule has 2 N–H and O–H groups in total. The molecule has 1 aliphatic rings. The number of amides is 3. The van der Waals surface area contributed by atoms with E-state index in [2.05, 4.69) is 21.8 Å². The minimum absolute atomic E-state index is 0.0307. The van der Waals surface area contributed by atoms with Gasteiger partial charge in [-0.05, 0) is 50.5 Å². The van der Waals surface area contributed by atoms with Crippen LogP contribution in [0.5, 0.6) is 0 Å². The topological polar surface area (TPSA) is 79.3 Å². The smallest absolute Gasteiger partial charge is 0.317 e. The van der Waals surface area contributed by atoms with Gasteiger partial charge in [-0.25, -0.2) is 9.48 Å². The van der Waals surface area contributed by atoms with Crippen molar-refractivity contribution in [3.63, 3.8) is 0 Å². The summed E-state index contributed by atoms with van der Waals surface area (Å²) < 4.78 is 1.73. The van der Waals surface area contributed by atoms with E-state index in [1.807, 2.05) is 39.0 Å². The number of carbonyl (C=O) groups excluding carboxylic acids is 2. The highest BCUT2D eigenvalue weighted by molar-refractivity contribution is 5.94. The van der Waals surface area contributed by atoms with Gasteiger partial charge in [-0.2, -0.15) is 5.10 Å². The summed E-state index contributed by atoms with van der Waals surface area (Å²) in [5.41, 5.74) is 3.97. The fraction of sp³-hybridized carbons (Fsp3) is 0.389. The second kappa shape index (κ2) is 6.96. The van der Waals surface area contributed by atoms with Crippen molar-refractivity contribution in [3.05, 3.63) is 41.1 Å². The zero-order valence-electron chi connectivity index (χ0n) is 14.8. The Bertz CT molecular complexity index is 792. The lowest BCUT2D eigenvalue weighted by Crippen LogP contribution is -2.49. The van der Waals surface area contributed by atoms with E-state index in [4.69, 9.17) is 0 Å². The molecule has 1 aliphatic heterocycles. The number of aryl methyl sites for hydroxylation is 3. The summed E-state index contributed by atoms with van der Waals surface area (Å²) in [5, 5.41) is 10.1. The Balaban J connectivity index is 1.78. The molecule has 0 atom stereocenters. The second-order valence-corrected chi connectivity index (χ2v) is 6.48. The molecule has 2 heterocycles. The van der Waals surface area contributed by atoms with Crippen LogP contribution in [0.4, 0.5) is 10.6 Å². The van der Waals surface area contributed by atoms with Crippen molar-refractivity contribution in [1.29, 1.82) is 0 Å². The highest BCUT2D eigenvalue weighted by Crippen LogP contribution is 2.19. The van der Waals surface area contributed by atoms with Crippen LogP contribution in [0.2, 0.25) is 0 Å². The SMILES string of the molecule is Cc1cc(C)cc(-n2nc(C)cc2NC(=O)CN2CCCNC2=O)c1. The number of nitrogens with one attached hydrogen (secondary N) is 2. The van der Waals surface area contributed by atoms with E-state index in [1.165, 1.54) is 4.90 Å². The molecule has 1 aromatic carbocycles. The number of benzene rings is 1. The Morgan fingerprint density at radius 2 is 1.92 bits per heavy atom. The van der Waals surface area contributed by atoms with Crippen molar-refractivity contribution in [3.8, 4) is 5.69 Å². The summed E-state index contributed by atoms with van der Waals surface area (Å²) in [7, 11) is 0. The lowest BCUT2D eigenvalue weighted by Gasteiger charge is -2.26. The molecule has 1 saturated heterocycles. The molecular formula is C18H23N5O2. The van der Waals surface area contributed by atoms with E-state index in [1.54, 1.807) is 4.68 Å². The number of carbonyl (C=O) groups is 2. The number of aromatic nitrogens is 2. The van der Waals surface area contributed by atoms with Crippen molar-refractivity contribution in [1.82, 2.24) is 20.0 Å². The molecule has 0 saturated carbocycles. The monoisotopic (exact) mass is 341 g/mol. The third-order valence-corrected chi connectivity index (χ3v) is 4.05. The van der Waals surface area contributed by atoms with E-state index >= 15 is 0 Å². The Morgan fingerprint density at radius 1 is 1.20 bits per heavy atom. The van der Waals surface area contributed by atoms with Crippen LogP contribution in [0.1, 0.15) is 23.2 Å². The Labute approximate surface area is 147 Å². The number of anilines is 1. The predicted octanol–water partition coefficient (Wildman–Crippen LogP) is 2.15. The molecule has 0 aliphatic carbocycles. The van der Waals surface area contributed by atoms with Gasteiger partial charge in [-0.1, -0.05) is 6.07 Å². The lowest BCUT2D eigenvalue weighted by atomic mass is 10.1. The van der Waals surface area contributed by atoms with E-state index < -0.39 is 0 Å². The molecule has 0 radical (unpaired) electrons. The van der Waals surface area contributed by atoms with Crippen LogP contribution in [-0.2, 0) is 4.79 Å². The highest BCUT2D eigenvalue weighted by Gasteiger charge is 2.21. The molecule has 0 bridgehead atoms. The number of urea groups is 1. The molecule has 1 fully saturated rings. The Morgan fingerprint density at radius 3 is 2.60 bits per heavy atom. The van der Waals surface area contributed by atoms with Crippen molar-refractivity contribution in [2.45, 2.75) is 27.2 Å². The van der Waals surface area contributed by atoms with Crippen molar-refractivity contribution >= 4 is 17.8 Å². The van der Waals surface area contributed by atoms with Gasteiger partial charge in [-0.3, -0.25) is 4.79 Å². The standard InChI is InChI=1S/C18H23N5O2/c1-12-7-13(2)9-15(8-12)23-16(10-14(3)21-23)20-17(24)11-22-6-4-5-19-18(22)25/h7-10H,4-6,11H2,1-3H3,(H,19,25)(H,20,24).